The molecule has 0 spiro atoms. The molecular formula is C21H23BrFNO2S. The summed E-state index contributed by atoms with van der Waals surface area (Å²) < 4.78 is 25.3. The van der Waals surface area contributed by atoms with Crippen LogP contribution in [-0.4, -0.2) is 30.1 Å². The van der Waals surface area contributed by atoms with Crippen molar-refractivity contribution in [2.45, 2.75) is 26.4 Å². The van der Waals surface area contributed by atoms with Gasteiger partial charge >= 0.3 is 0 Å². The molecule has 0 aliphatic carbocycles. The molecule has 0 bridgehead atoms. The number of hydrogen-bond acceptors (Lipinski definition) is 3. The highest BCUT2D eigenvalue weighted by atomic mass is 79.9. The van der Waals surface area contributed by atoms with Crippen LogP contribution in [0.3, 0.4) is 0 Å². The Balaban J connectivity index is 1.76. The van der Waals surface area contributed by atoms with E-state index >= 15 is 0 Å². The van der Waals surface area contributed by atoms with E-state index in [2.05, 4.69) is 27.8 Å². The lowest BCUT2D eigenvalue weighted by Gasteiger charge is -2.32. The highest BCUT2D eigenvalue weighted by molar-refractivity contribution is 9.10. The summed E-state index contributed by atoms with van der Waals surface area (Å²) in [5.41, 5.74) is 1.82. The van der Waals surface area contributed by atoms with Gasteiger partial charge in [0.15, 0.2) is 11.5 Å². The van der Waals surface area contributed by atoms with Gasteiger partial charge in [-0.1, -0.05) is 31.3 Å². The van der Waals surface area contributed by atoms with Crippen molar-refractivity contribution >= 4 is 33.1 Å². The predicted octanol–water partition coefficient (Wildman–Crippen LogP) is 5.58. The van der Waals surface area contributed by atoms with E-state index in [9.17, 15) is 4.39 Å². The maximum absolute atomic E-state index is 13.0. The smallest absolute Gasteiger partial charge is 0.162 e. The fourth-order valence-corrected chi connectivity index (χ4v) is 4.09. The number of rotatable bonds is 5. The summed E-state index contributed by atoms with van der Waals surface area (Å²) in [5.74, 6) is 1.74. The Kier molecular flexibility index (Phi) is 6.71. The SMILES string of the molecule is COc1cc(C(=S)N2CCC(C)CC2)c(Br)cc1OCc1ccc(F)cc1. The van der Waals surface area contributed by atoms with Gasteiger partial charge in [-0.3, -0.25) is 0 Å². The number of thiocarbonyl (C=S) groups is 1. The molecule has 1 aliphatic rings. The molecule has 1 aliphatic heterocycles. The third kappa shape index (κ3) is 4.99. The molecule has 144 valence electrons. The minimum absolute atomic E-state index is 0.260. The standard InChI is InChI=1S/C21H23BrFNO2S/c1-14-7-9-24(10-8-14)21(27)17-11-19(25-2)20(12-18(17)22)26-13-15-3-5-16(23)6-4-15/h3-6,11-12,14H,7-10,13H2,1-2H3. The summed E-state index contributed by atoms with van der Waals surface area (Å²) in [6.07, 6.45) is 2.32. The van der Waals surface area contributed by atoms with Gasteiger partial charge in [-0.25, -0.2) is 4.39 Å². The van der Waals surface area contributed by atoms with E-state index < -0.39 is 0 Å². The fourth-order valence-electron chi connectivity index (χ4n) is 3.10. The zero-order valence-electron chi connectivity index (χ0n) is 15.5. The molecule has 27 heavy (non-hydrogen) atoms. The van der Waals surface area contributed by atoms with Crippen molar-refractivity contribution in [3.05, 3.63) is 57.8 Å². The van der Waals surface area contributed by atoms with Gasteiger partial charge in [0.25, 0.3) is 0 Å². The maximum atomic E-state index is 13.0. The Bertz CT molecular complexity index is 805. The average Bonchev–Trinajstić information content (AvgIpc) is 2.67. The van der Waals surface area contributed by atoms with Crippen LogP contribution >= 0.6 is 28.1 Å². The summed E-state index contributed by atoms with van der Waals surface area (Å²) in [6.45, 7) is 4.58. The van der Waals surface area contributed by atoms with Crippen molar-refractivity contribution in [2.75, 3.05) is 20.2 Å². The molecule has 3 nitrogen and oxygen atoms in total. The van der Waals surface area contributed by atoms with Gasteiger partial charge in [0, 0.05) is 23.1 Å². The minimum atomic E-state index is -0.260. The van der Waals surface area contributed by atoms with Crippen LogP contribution in [0.1, 0.15) is 30.9 Å². The van der Waals surface area contributed by atoms with E-state index in [1.54, 1.807) is 19.2 Å². The molecule has 0 unspecified atom stereocenters. The van der Waals surface area contributed by atoms with E-state index in [1.165, 1.54) is 12.1 Å². The first kappa shape index (κ1) is 20.1. The summed E-state index contributed by atoms with van der Waals surface area (Å²) in [5, 5.41) is 0. The van der Waals surface area contributed by atoms with Crippen molar-refractivity contribution in [1.82, 2.24) is 4.90 Å². The minimum Gasteiger partial charge on any atom is -0.493 e. The molecule has 1 fully saturated rings. The lowest BCUT2D eigenvalue weighted by Crippen LogP contribution is -2.37. The van der Waals surface area contributed by atoms with Crippen LogP contribution in [0.5, 0.6) is 11.5 Å². The van der Waals surface area contributed by atoms with Crippen molar-refractivity contribution < 1.29 is 13.9 Å². The van der Waals surface area contributed by atoms with Crippen LogP contribution < -0.4 is 9.47 Å². The van der Waals surface area contributed by atoms with Crippen LogP contribution in [0, 0.1) is 11.7 Å². The largest absolute Gasteiger partial charge is 0.493 e. The highest BCUT2D eigenvalue weighted by Crippen LogP contribution is 2.35. The number of nitrogens with zero attached hydrogens (tertiary/aromatic N) is 1. The zero-order chi connectivity index (χ0) is 19.4. The van der Waals surface area contributed by atoms with Crippen LogP contribution in [0.4, 0.5) is 4.39 Å². The molecule has 0 radical (unpaired) electrons. The molecule has 0 saturated carbocycles. The third-order valence-electron chi connectivity index (χ3n) is 4.86. The summed E-state index contributed by atoms with van der Waals surface area (Å²) in [6, 6.07) is 10.1. The van der Waals surface area contributed by atoms with Gasteiger partial charge in [-0.15, -0.1) is 0 Å². The predicted molar refractivity (Wildman–Crippen MR) is 113 cm³/mol. The molecule has 1 saturated heterocycles. The monoisotopic (exact) mass is 451 g/mol. The van der Waals surface area contributed by atoms with E-state index in [4.69, 9.17) is 21.7 Å². The molecule has 0 amide bonds. The molecule has 0 aromatic heterocycles. The Morgan fingerprint density at radius 2 is 1.85 bits per heavy atom. The maximum Gasteiger partial charge on any atom is 0.162 e. The van der Waals surface area contributed by atoms with E-state index in [1.807, 2.05) is 12.1 Å². The first-order valence-electron chi connectivity index (χ1n) is 9.02. The number of ether oxygens (including phenoxy) is 2. The molecule has 1 heterocycles. The van der Waals surface area contributed by atoms with Crippen molar-refractivity contribution in [1.29, 1.82) is 0 Å². The number of halogens is 2. The Morgan fingerprint density at radius 1 is 1.19 bits per heavy atom. The topological polar surface area (TPSA) is 21.7 Å². The fraction of sp³-hybridized carbons (Fsp3) is 0.381. The highest BCUT2D eigenvalue weighted by Gasteiger charge is 2.22. The van der Waals surface area contributed by atoms with E-state index in [0.29, 0.717) is 18.1 Å². The molecule has 0 N–H and O–H groups in total. The first-order valence-corrected chi connectivity index (χ1v) is 10.2. The van der Waals surface area contributed by atoms with Gasteiger partial charge < -0.3 is 14.4 Å². The van der Waals surface area contributed by atoms with Crippen LogP contribution in [0.15, 0.2) is 40.9 Å². The first-order chi connectivity index (χ1) is 13.0. The molecule has 3 rings (SSSR count). The van der Waals surface area contributed by atoms with E-state index in [0.717, 1.165) is 52.4 Å². The molecule has 0 atom stereocenters. The molecular weight excluding hydrogens is 429 g/mol. The lowest BCUT2D eigenvalue weighted by atomic mass is 9.99. The molecule has 2 aromatic carbocycles. The van der Waals surface area contributed by atoms with Gasteiger partial charge in [0.1, 0.15) is 17.4 Å². The van der Waals surface area contributed by atoms with Gasteiger partial charge in [-0.05, 0) is 64.5 Å². The Hall–Kier alpha value is -1.66. The second kappa shape index (κ2) is 9.02. The van der Waals surface area contributed by atoms with Gasteiger partial charge in [0.2, 0.25) is 0 Å². The number of likely N-dealkylation sites (tertiary alicyclic amines) is 1. The average molecular weight is 452 g/mol. The lowest BCUT2D eigenvalue weighted by molar-refractivity contribution is 0.281. The van der Waals surface area contributed by atoms with Crippen molar-refractivity contribution in [3.8, 4) is 11.5 Å². The van der Waals surface area contributed by atoms with Crippen LogP contribution in [0.25, 0.3) is 0 Å². The number of hydrogen-bond donors (Lipinski definition) is 0. The van der Waals surface area contributed by atoms with Crippen molar-refractivity contribution in [2.24, 2.45) is 5.92 Å². The van der Waals surface area contributed by atoms with Crippen LogP contribution in [0.2, 0.25) is 0 Å². The molecule has 2 aromatic rings. The van der Waals surface area contributed by atoms with Crippen LogP contribution in [-0.2, 0) is 6.61 Å². The zero-order valence-corrected chi connectivity index (χ0v) is 17.9. The van der Waals surface area contributed by atoms with Crippen molar-refractivity contribution in [3.63, 3.8) is 0 Å². The second-order valence-corrected chi connectivity index (χ2v) is 8.11. The summed E-state index contributed by atoms with van der Waals surface area (Å²) >= 11 is 9.36. The summed E-state index contributed by atoms with van der Waals surface area (Å²) in [4.78, 5) is 3.09. The van der Waals surface area contributed by atoms with Gasteiger partial charge in [-0.2, -0.15) is 0 Å². The number of piperidine rings is 1. The van der Waals surface area contributed by atoms with Gasteiger partial charge in [0.05, 0.1) is 7.11 Å². The number of methoxy groups -OCH3 is 1. The Morgan fingerprint density at radius 3 is 2.48 bits per heavy atom. The quantitative estimate of drug-likeness (QED) is 0.552. The second-order valence-electron chi connectivity index (χ2n) is 6.87. The summed E-state index contributed by atoms with van der Waals surface area (Å²) in [7, 11) is 1.61. The van der Waals surface area contributed by atoms with E-state index in [-0.39, 0.29) is 5.82 Å². The third-order valence-corrected chi connectivity index (χ3v) is 6.00. The number of benzene rings is 2. The molecule has 6 heteroatoms. The normalized spacial score (nSPS) is 14.9. The Labute approximate surface area is 173 Å².